The van der Waals surface area contributed by atoms with Crippen LogP contribution in [-0.4, -0.2) is 37.4 Å². The normalized spacial score (nSPS) is 18.9. The topological polar surface area (TPSA) is 49.8 Å². The minimum absolute atomic E-state index is 0.330. The highest BCUT2D eigenvalue weighted by atomic mass is 16.5. The smallest absolute Gasteiger partial charge is 0.328 e. The summed E-state index contributed by atoms with van der Waals surface area (Å²) in [5.41, 5.74) is 2.00. The van der Waals surface area contributed by atoms with Crippen LogP contribution < -0.4 is 4.90 Å². The first kappa shape index (κ1) is 13.6. The van der Waals surface area contributed by atoms with Gasteiger partial charge in [-0.1, -0.05) is 12.1 Å². The lowest BCUT2D eigenvalue weighted by molar-refractivity contribution is -0.131. The molecule has 1 aromatic carbocycles. The number of nitrogens with zero attached hydrogens (tertiary/aromatic N) is 1. The molecule has 4 nitrogen and oxygen atoms in total. The molecule has 1 aliphatic heterocycles. The van der Waals surface area contributed by atoms with Crippen LogP contribution in [0.15, 0.2) is 30.3 Å². The van der Waals surface area contributed by atoms with Gasteiger partial charge in [0.15, 0.2) is 0 Å². The van der Waals surface area contributed by atoms with Crippen LogP contribution in [0.1, 0.15) is 18.4 Å². The van der Waals surface area contributed by atoms with Crippen molar-refractivity contribution in [2.75, 3.05) is 25.1 Å². The Balaban J connectivity index is 1.95. The number of carbonyl (C=O) groups is 1. The number of carboxylic acid groups (broad SMARTS) is 1. The molecule has 1 heterocycles. The number of carboxylic acids is 1. The maximum atomic E-state index is 10.4. The average Bonchev–Trinajstić information content (AvgIpc) is 2.89. The standard InChI is InChI=1S/C15H19NO3/c1-16(11-14-3-2-10-19-14)13-7-4-12(5-8-13)6-9-15(17)18/h4-9,14H,2-3,10-11H2,1H3,(H,17,18). The summed E-state index contributed by atoms with van der Waals surface area (Å²) in [5, 5.41) is 8.57. The van der Waals surface area contributed by atoms with Crippen LogP contribution in [0.5, 0.6) is 0 Å². The second kappa shape index (κ2) is 6.38. The lowest BCUT2D eigenvalue weighted by Gasteiger charge is -2.22. The number of benzene rings is 1. The first-order valence-corrected chi connectivity index (χ1v) is 6.49. The SMILES string of the molecule is CN(CC1CCCO1)c1ccc(C=CC(=O)O)cc1. The maximum Gasteiger partial charge on any atom is 0.328 e. The van der Waals surface area contributed by atoms with E-state index in [-0.39, 0.29) is 0 Å². The highest BCUT2D eigenvalue weighted by Crippen LogP contribution is 2.18. The number of aliphatic carboxylic acids is 1. The molecule has 0 spiro atoms. The fraction of sp³-hybridized carbons (Fsp3) is 0.400. The molecule has 0 saturated carbocycles. The van der Waals surface area contributed by atoms with E-state index in [0.717, 1.165) is 43.3 Å². The molecular formula is C15H19NO3. The van der Waals surface area contributed by atoms with Gasteiger partial charge in [-0.3, -0.25) is 0 Å². The van der Waals surface area contributed by atoms with Crippen LogP contribution in [0.2, 0.25) is 0 Å². The summed E-state index contributed by atoms with van der Waals surface area (Å²) >= 11 is 0. The molecule has 102 valence electrons. The molecule has 0 bridgehead atoms. The van der Waals surface area contributed by atoms with E-state index in [0.29, 0.717) is 6.10 Å². The molecule has 1 atom stereocenters. The highest BCUT2D eigenvalue weighted by Gasteiger charge is 2.17. The Morgan fingerprint density at radius 3 is 2.79 bits per heavy atom. The molecule has 1 fully saturated rings. The monoisotopic (exact) mass is 261 g/mol. The van der Waals surface area contributed by atoms with Gasteiger partial charge in [-0.2, -0.15) is 0 Å². The number of hydrogen-bond donors (Lipinski definition) is 1. The van der Waals surface area contributed by atoms with Crippen LogP contribution in [0.25, 0.3) is 6.08 Å². The van der Waals surface area contributed by atoms with Crippen LogP contribution in [-0.2, 0) is 9.53 Å². The summed E-state index contributed by atoms with van der Waals surface area (Å²) in [6.07, 6.45) is 5.34. The number of rotatable bonds is 5. The third kappa shape index (κ3) is 4.10. The molecular weight excluding hydrogens is 242 g/mol. The second-order valence-corrected chi connectivity index (χ2v) is 4.78. The van der Waals surface area contributed by atoms with E-state index in [2.05, 4.69) is 4.90 Å². The Bertz CT molecular complexity index is 447. The average molecular weight is 261 g/mol. The predicted molar refractivity (Wildman–Crippen MR) is 75.4 cm³/mol. The van der Waals surface area contributed by atoms with Crippen LogP contribution >= 0.6 is 0 Å². The van der Waals surface area contributed by atoms with Crippen LogP contribution in [0, 0.1) is 0 Å². The lowest BCUT2D eigenvalue weighted by Crippen LogP contribution is -2.28. The van der Waals surface area contributed by atoms with Gasteiger partial charge >= 0.3 is 5.97 Å². The van der Waals surface area contributed by atoms with E-state index in [1.807, 2.05) is 31.3 Å². The zero-order valence-electron chi connectivity index (χ0n) is 11.1. The lowest BCUT2D eigenvalue weighted by atomic mass is 10.1. The number of hydrogen-bond acceptors (Lipinski definition) is 3. The third-order valence-corrected chi connectivity index (χ3v) is 3.25. The molecule has 1 unspecified atom stereocenters. The Kier molecular flexibility index (Phi) is 4.58. The fourth-order valence-electron chi connectivity index (χ4n) is 2.21. The van der Waals surface area contributed by atoms with E-state index in [1.165, 1.54) is 0 Å². The van der Waals surface area contributed by atoms with E-state index in [9.17, 15) is 4.79 Å². The summed E-state index contributed by atoms with van der Waals surface area (Å²) in [6.45, 7) is 1.77. The summed E-state index contributed by atoms with van der Waals surface area (Å²) in [7, 11) is 2.05. The first-order chi connectivity index (χ1) is 9.15. The van der Waals surface area contributed by atoms with E-state index < -0.39 is 5.97 Å². The largest absolute Gasteiger partial charge is 0.478 e. The molecule has 0 radical (unpaired) electrons. The Morgan fingerprint density at radius 2 is 2.21 bits per heavy atom. The van der Waals surface area contributed by atoms with Gasteiger partial charge in [0.05, 0.1) is 6.10 Å². The molecule has 0 amide bonds. The van der Waals surface area contributed by atoms with Crippen LogP contribution in [0.3, 0.4) is 0 Å². The Morgan fingerprint density at radius 1 is 1.47 bits per heavy atom. The first-order valence-electron chi connectivity index (χ1n) is 6.49. The molecule has 0 aromatic heterocycles. The quantitative estimate of drug-likeness (QED) is 0.827. The second-order valence-electron chi connectivity index (χ2n) is 4.78. The molecule has 1 aromatic rings. The van der Waals surface area contributed by atoms with Gasteiger partial charge in [0.2, 0.25) is 0 Å². The van der Waals surface area contributed by atoms with E-state index >= 15 is 0 Å². The maximum absolute atomic E-state index is 10.4. The number of likely N-dealkylation sites (N-methyl/N-ethyl adjacent to an activating group) is 1. The molecule has 1 N–H and O–H groups in total. The summed E-state index contributed by atoms with van der Waals surface area (Å²) < 4.78 is 5.62. The van der Waals surface area contributed by atoms with Gasteiger partial charge in [-0.05, 0) is 36.6 Å². The Labute approximate surface area is 113 Å². The van der Waals surface area contributed by atoms with Crippen molar-refractivity contribution >= 4 is 17.7 Å². The summed E-state index contributed by atoms with van der Waals surface area (Å²) in [4.78, 5) is 12.6. The molecule has 2 rings (SSSR count). The van der Waals surface area contributed by atoms with Crippen molar-refractivity contribution in [1.29, 1.82) is 0 Å². The minimum Gasteiger partial charge on any atom is -0.478 e. The van der Waals surface area contributed by atoms with Gasteiger partial charge in [0.25, 0.3) is 0 Å². The predicted octanol–water partition coefficient (Wildman–Crippen LogP) is 2.40. The van der Waals surface area contributed by atoms with Crippen molar-refractivity contribution in [3.05, 3.63) is 35.9 Å². The van der Waals surface area contributed by atoms with Gasteiger partial charge in [0.1, 0.15) is 0 Å². The zero-order chi connectivity index (χ0) is 13.7. The zero-order valence-corrected chi connectivity index (χ0v) is 11.1. The van der Waals surface area contributed by atoms with Crippen molar-refractivity contribution in [2.24, 2.45) is 0 Å². The van der Waals surface area contributed by atoms with Crippen LogP contribution in [0.4, 0.5) is 5.69 Å². The van der Waals surface area contributed by atoms with Gasteiger partial charge in [-0.15, -0.1) is 0 Å². The summed E-state index contributed by atoms with van der Waals surface area (Å²) in [6, 6.07) is 7.83. The molecule has 1 saturated heterocycles. The van der Waals surface area contributed by atoms with E-state index in [4.69, 9.17) is 9.84 Å². The third-order valence-electron chi connectivity index (χ3n) is 3.25. The number of anilines is 1. The van der Waals surface area contributed by atoms with Crippen molar-refractivity contribution in [3.8, 4) is 0 Å². The molecule has 19 heavy (non-hydrogen) atoms. The van der Waals surface area contributed by atoms with Crippen molar-refractivity contribution in [2.45, 2.75) is 18.9 Å². The van der Waals surface area contributed by atoms with Crippen molar-refractivity contribution < 1.29 is 14.6 Å². The molecule has 1 aliphatic rings. The van der Waals surface area contributed by atoms with E-state index in [1.54, 1.807) is 6.08 Å². The van der Waals surface area contributed by atoms with Gasteiger partial charge in [-0.25, -0.2) is 4.79 Å². The van der Waals surface area contributed by atoms with Gasteiger partial charge in [0, 0.05) is 32.0 Å². The fourth-order valence-corrected chi connectivity index (χ4v) is 2.21. The minimum atomic E-state index is -0.931. The van der Waals surface area contributed by atoms with Gasteiger partial charge < -0.3 is 14.7 Å². The molecule has 4 heteroatoms. The van der Waals surface area contributed by atoms with Crippen molar-refractivity contribution in [3.63, 3.8) is 0 Å². The Hall–Kier alpha value is -1.81. The van der Waals surface area contributed by atoms with Crippen molar-refractivity contribution in [1.82, 2.24) is 0 Å². The number of ether oxygens (including phenoxy) is 1. The highest BCUT2D eigenvalue weighted by molar-refractivity contribution is 5.85. The molecule has 0 aliphatic carbocycles. The summed E-state index contributed by atoms with van der Waals surface area (Å²) in [5.74, 6) is -0.931.